The molecular weight excluding hydrogens is 612 g/mol. The number of rotatable bonds is 8. The van der Waals surface area contributed by atoms with Crippen LogP contribution in [0.3, 0.4) is 0 Å². The van der Waals surface area contributed by atoms with Crippen LogP contribution in [0.1, 0.15) is 80.9 Å². The van der Waals surface area contributed by atoms with Gasteiger partial charge in [0.25, 0.3) is 5.91 Å². The maximum absolute atomic E-state index is 15.4. The number of benzene rings is 2. The molecule has 4 aromatic rings. The lowest BCUT2D eigenvalue weighted by atomic mass is 9.83. The second-order valence-corrected chi connectivity index (χ2v) is 14.2. The van der Waals surface area contributed by atoms with Crippen molar-refractivity contribution in [1.29, 1.82) is 0 Å². The Hall–Kier alpha value is -4.38. The van der Waals surface area contributed by atoms with Crippen LogP contribution in [-0.2, 0) is 10.2 Å². The topological polar surface area (TPSA) is 95.4 Å². The number of halogens is 2. The summed E-state index contributed by atoms with van der Waals surface area (Å²) in [5.41, 5.74) is 5.02. The third kappa shape index (κ3) is 5.23. The van der Waals surface area contributed by atoms with Gasteiger partial charge >= 0.3 is 0 Å². The predicted octanol–water partition coefficient (Wildman–Crippen LogP) is 6.82. The number of aryl methyl sites for hydroxylation is 1. The Balaban J connectivity index is 1.29. The van der Waals surface area contributed by atoms with Gasteiger partial charge in [-0.15, -0.1) is 0 Å². The molecule has 252 valence electrons. The van der Waals surface area contributed by atoms with Gasteiger partial charge in [-0.05, 0) is 88.8 Å². The summed E-state index contributed by atoms with van der Waals surface area (Å²) in [4.78, 5) is 40.4. The lowest BCUT2D eigenvalue weighted by molar-refractivity contribution is -0.123. The zero-order chi connectivity index (χ0) is 34.1. The molecule has 2 aliphatic heterocycles. The van der Waals surface area contributed by atoms with Crippen molar-refractivity contribution in [1.82, 2.24) is 24.8 Å². The standard InChI is InChI=1S/C37H43F2N7O2/c1-7-21(3)45-19-41-31-17-29(42-34(33(31)45)43-30-16-26(35(47)40-6)20(2)12-28(30)39)22-8-9-27-32(13-22)46(36(48)37(27,4)5)25-14-24(15-25)44-11-10-23(38)18-44/h8-9,12-13,16-17,19,21,23-25H,7,10-11,14-15,18H2,1-6H3,(H,40,47)(H,42,43)/t21-,23+,24?,25?/m0/s1. The van der Waals surface area contributed by atoms with E-state index in [-0.39, 0.29) is 29.6 Å². The highest BCUT2D eigenvalue weighted by Crippen LogP contribution is 2.48. The number of carbonyl (C=O) groups is 2. The molecule has 0 bridgehead atoms. The van der Waals surface area contributed by atoms with Crippen LogP contribution < -0.4 is 15.5 Å². The molecule has 0 radical (unpaired) electrons. The average molecular weight is 656 g/mol. The van der Waals surface area contributed by atoms with E-state index in [1.165, 1.54) is 12.1 Å². The van der Waals surface area contributed by atoms with Gasteiger partial charge in [0.05, 0.1) is 28.6 Å². The van der Waals surface area contributed by atoms with Crippen molar-refractivity contribution in [3.05, 3.63) is 65.2 Å². The van der Waals surface area contributed by atoms with E-state index in [0.29, 0.717) is 47.2 Å². The number of carbonyl (C=O) groups excluding carboxylic acids is 2. The molecule has 0 spiro atoms. The van der Waals surface area contributed by atoms with Gasteiger partial charge in [0, 0.05) is 55.1 Å². The molecule has 2 aromatic carbocycles. The smallest absolute Gasteiger partial charge is 0.251 e. The number of pyridine rings is 1. The number of anilines is 3. The number of likely N-dealkylation sites (tertiary alicyclic amines) is 1. The summed E-state index contributed by atoms with van der Waals surface area (Å²) in [5.74, 6) is -0.322. The van der Waals surface area contributed by atoms with E-state index in [9.17, 15) is 14.0 Å². The molecule has 48 heavy (non-hydrogen) atoms. The van der Waals surface area contributed by atoms with Crippen molar-refractivity contribution >= 4 is 40.0 Å². The lowest BCUT2D eigenvalue weighted by Crippen LogP contribution is -2.55. The molecule has 1 aliphatic carbocycles. The Morgan fingerprint density at radius 2 is 1.92 bits per heavy atom. The number of fused-ring (bicyclic) bond motifs is 2. The van der Waals surface area contributed by atoms with E-state index >= 15 is 4.39 Å². The summed E-state index contributed by atoms with van der Waals surface area (Å²) in [7, 11) is 1.54. The van der Waals surface area contributed by atoms with E-state index in [4.69, 9.17) is 9.97 Å². The first-order valence-electron chi connectivity index (χ1n) is 16.9. The zero-order valence-corrected chi connectivity index (χ0v) is 28.4. The van der Waals surface area contributed by atoms with Crippen molar-refractivity contribution in [3.63, 3.8) is 0 Å². The van der Waals surface area contributed by atoms with E-state index in [1.807, 2.05) is 47.6 Å². The minimum absolute atomic E-state index is 0.0508. The van der Waals surface area contributed by atoms with Crippen LogP contribution in [0.15, 0.2) is 42.7 Å². The van der Waals surface area contributed by atoms with Crippen molar-refractivity contribution in [2.24, 2.45) is 0 Å². The van der Waals surface area contributed by atoms with Crippen LogP contribution in [0.5, 0.6) is 0 Å². The van der Waals surface area contributed by atoms with Crippen molar-refractivity contribution in [2.45, 2.75) is 90.0 Å². The molecule has 2 amide bonds. The maximum atomic E-state index is 15.4. The number of nitrogens with one attached hydrogen (secondary N) is 2. The minimum atomic E-state index is -0.763. The van der Waals surface area contributed by atoms with Crippen LogP contribution in [0.2, 0.25) is 0 Å². The van der Waals surface area contributed by atoms with E-state index in [1.54, 1.807) is 20.3 Å². The fourth-order valence-corrected chi connectivity index (χ4v) is 7.55. The molecule has 2 atom stereocenters. The number of amides is 2. The average Bonchev–Trinajstić information content (AvgIpc) is 3.72. The third-order valence-corrected chi connectivity index (χ3v) is 10.8. The first-order valence-corrected chi connectivity index (χ1v) is 16.9. The Labute approximate surface area is 279 Å². The van der Waals surface area contributed by atoms with Crippen molar-refractivity contribution in [3.8, 4) is 11.3 Å². The Bertz CT molecular complexity index is 1930. The van der Waals surface area contributed by atoms with Crippen LogP contribution in [0.25, 0.3) is 22.3 Å². The van der Waals surface area contributed by atoms with Gasteiger partial charge < -0.3 is 20.1 Å². The molecular formula is C37H43F2N7O2. The van der Waals surface area contributed by atoms with E-state index in [2.05, 4.69) is 29.4 Å². The normalized spacial score (nSPS) is 22.5. The van der Waals surface area contributed by atoms with Crippen LogP contribution in [0, 0.1) is 12.7 Å². The number of nitrogens with zero attached hydrogens (tertiary/aromatic N) is 5. The number of imidazole rings is 1. The Morgan fingerprint density at radius 1 is 1.15 bits per heavy atom. The molecule has 1 saturated heterocycles. The molecule has 2 N–H and O–H groups in total. The Kier molecular flexibility index (Phi) is 8.01. The summed E-state index contributed by atoms with van der Waals surface area (Å²) in [6.07, 6.45) is 4.10. The van der Waals surface area contributed by atoms with Gasteiger partial charge in [-0.3, -0.25) is 14.5 Å². The fraction of sp³-hybridized carbons (Fsp3) is 0.459. The van der Waals surface area contributed by atoms with Crippen molar-refractivity contribution in [2.75, 3.05) is 30.4 Å². The first-order chi connectivity index (χ1) is 22.9. The second-order valence-electron chi connectivity index (χ2n) is 14.2. The quantitative estimate of drug-likeness (QED) is 0.216. The highest BCUT2D eigenvalue weighted by Gasteiger charge is 2.50. The number of hydrogen-bond donors (Lipinski definition) is 2. The van der Waals surface area contributed by atoms with Gasteiger partial charge in [-0.25, -0.2) is 18.7 Å². The van der Waals surface area contributed by atoms with Crippen LogP contribution >= 0.6 is 0 Å². The monoisotopic (exact) mass is 655 g/mol. The van der Waals surface area contributed by atoms with Gasteiger partial charge in [0.1, 0.15) is 17.5 Å². The van der Waals surface area contributed by atoms with Crippen molar-refractivity contribution < 1.29 is 18.4 Å². The summed E-state index contributed by atoms with van der Waals surface area (Å²) in [6, 6.07) is 11.3. The summed E-state index contributed by atoms with van der Waals surface area (Å²) in [5, 5.41) is 5.83. The molecule has 7 rings (SSSR count). The molecule has 0 unspecified atom stereocenters. The molecule has 3 aliphatic rings. The predicted molar refractivity (Wildman–Crippen MR) is 184 cm³/mol. The van der Waals surface area contributed by atoms with Gasteiger partial charge in [0.2, 0.25) is 5.91 Å². The first kappa shape index (κ1) is 32.2. The molecule has 2 aromatic heterocycles. The highest BCUT2D eigenvalue weighted by atomic mass is 19.1. The van der Waals surface area contributed by atoms with Gasteiger partial charge in [-0.2, -0.15) is 0 Å². The highest BCUT2D eigenvalue weighted by molar-refractivity contribution is 6.09. The largest absolute Gasteiger partial charge is 0.355 e. The molecule has 11 heteroatoms. The number of alkyl halides is 1. The van der Waals surface area contributed by atoms with Crippen LogP contribution in [0.4, 0.5) is 26.0 Å². The molecule has 9 nitrogen and oxygen atoms in total. The minimum Gasteiger partial charge on any atom is -0.355 e. The zero-order valence-electron chi connectivity index (χ0n) is 28.4. The van der Waals surface area contributed by atoms with E-state index in [0.717, 1.165) is 48.1 Å². The second kappa shape index (κ2) is 11.9. The van der Waals surface area contributed by atoms with Gasteiger partial charge in [-0.1, -0.05) is 19.1 Å². The Morgan fingerprint density at radius 3 is 2.60 bits per heavy atom. The summed E-state index contributed by atoms with van der Waals surface area (Å²) < 4.78 is 31.4. The summed E-state index contributed by atoms with van der Waals surface area (Å²) >= 11 is 0. The fourth-order valence-electron chi connectivity index (χ4n) is 7.55. The van der Waals surface area contributed by atoms with Crippen LogP contribution in [-0.4, -0.2) is 69.6 Å². The SMILES string of the molecule is CC[C@H](C)n1cnc2cc(-c3ccc4c(c3)N(C3CC(N5CC[C@@H](F)C5)C3)C(=O)C4(C)C)nc(Nc3cc(C(=O)NC)c(C)cc3F)c21. The molecule has 4 heterocycles. The maximum Gasteiger partial charge on any atom is 0.251 e. The lowest BCUT2D eigenvalue weighted by Gasteiger charge is -2.45. The third-order valence-electron chi connectivity index (χ3n) is 10.8. The van der Waals surface area contributed by atoms with Gasteiger partial charge in [0.15, 0.2) is 5.82 Å². The molecule has 2 fully saturated rings. The number of aromatic nitrogens is 3. The number of hydrogen-bond acceptors (Lipinski definition) is 6. The molecule has 1 saturated carbocycles. The van der Waals surface area contributed by atoms with E-state index < -0.39 is 17.4 Å². The summed E-state index contributed by atoms with van der Waals surface area (Å²) in [6.45, 7) is 11.1.